The number of carbonyl (C=O) groups excluding carboxylic acids is 1. The van der Waals surface area contributed by atoms with Crippen molar-refractivity contribution < 1.29 is 19.4 Å². The van der Waals surface area contributed by atoms with Crippen LogP contribution in [0.3, 0.4) is 0 Å². The summed E-state index contributed by atoms with van der Waals surface area (Å²) in [6, 6.07) is -0.896. The number of carboxylic acids is 1. The molecule has 0 bridgehead atoms. The van der Waals surface area contributed by atoms with Gasteiger partial charge in [0, 0.05) is 5.33 Å². The molecule has 0 aromatic rings. The lowest BCUT2D eigenvalue weighted by Crippen LogP contribution is -2.43. The third-order valence-corrected chi connectivity index (χ3v) is 2.18. The Morgan fingerprint density at radius 2 is 2.00 bits per heavy atom. The van der Waals surface area contributed by atoms with Crippen LogP contribution in [0.15, 0.2) is 0 Å². The average Bonchev–Trinajstić information content (AvgIpc) is 2.08. The molecule has 0 aliphatic rings. The van der Waals surface area contributed by atoms with E-state index in [1.54, 1.807) is 20.8 Å². The molecule has 0 aromatic carbocycles. The van der Waals surface area contributed by atoms with Crippen molar-refractivity contribution in [2.45, 2.75) is 45.3 Å². The van der Waals surface area contributed by atoms with Crippen LogP contribution in [0.4, 0.5) is 4.79 Å². The van der Waals surface area contributed by atoms with E-state index in [0.29, 0.717) is 18.2 Å². The second-order valence-corrected chi connectivity index (χ2v) is 5.16. The fourth-order valence-corrected chi connectivity index (χ4v) is 1.31. The van der Waals surface area contributed by atoms with Crippen LogP contribution in [0.1, 0.15) is 33.6 Å². The smallest absolute Gasteiger partial charge is 0.408 e. The van der Waals surface area contributed by atoms with Crippen LogP contribution in [0, 0.1) is 0 Å². The highest BCUT2D eigenvalue weighted by atomic mass is 79.9. The van der Waals surface area contributed by atoms with Gasteiger partial charge in [0.2, 0.25) is 0 Å². The van der Waals surface area contributed by atoms with Crippen molar-refractivity contribution in [3.8, 4) is 0 Å². The molecule has 0 unspecified atom stereocenters. The molecule has 0 radical (unpaired) electrons. The number of aliphatic carboxylic acids is 1. The van der Waals surface area contributed by atoms with Gasteiger partial charge < -0.3 is 15.2 Å². The lowest BCUT2D eigenvalue weighted by Gasteiger charge is -2.21. The quantitative estimate of drug-likeness (QED) is 0.762. The van der Waals surface area contributed by atoms with Crippen molar-refractivity contribution in [2.24, 2.45) is 0 Å². The van der Waals surface area contributed by atoms with E-state index < -0.39 is 23.7 Å². The Labute approximate surface area is 104 Å². The zero-order valence-corrected chi connectivity index (χ0v) is 11.3. The summed E-state index contributed by atoms with van der Waals surface area (Å²) in [5.41, 5.74) is -0.622. The Bertz CT molecular complexity index is 250. The number of alkyl carbamates (subject to hydrolysis) is 1. The molecule has 0 fully saturated rings. The maximum Gasteiger partial charge on any atom is 0.408 e. The van der Waals surface area contributed by atoms with E-state index in [1.165, 1.54) is 0 Å². The maximum absolute atomic E-state index is 11.3. The number of carboxylic acid groups (broad SMARTS) is 1. The van der Waals surface area contributed by atoms with Crippen LogP contribution in [0.2, 0.25) is 0 Å². The molecule has 2 N–H and O–H groups in total. The van der Waals surface area contributed by atoms with Crippen LogP contribution in [0.5, 0.6) is 0 Å². The molecule has 6 heteroatoms. The monoisotopic (exact) mass is 295 g/mol. The molecule has 0 saturated carbocycles. The van der Waals surface area contributed by atoms with Gasteiger partial charge in [0.25, 0.3) is 0 Å². The number of rotatable bonds is 5. The number of amides is 1. The van der Waals surface area contributed by atoms with Crippen molar-refractivity contribution in [1.82, 2.24) is 5.32 Å². The first kappa shape index (κ1) is 15.2. The average molecular weight is 296 g/mol. The second kappa shape index (κ2) is 6.73. The van der Waals surface area contributed by atoms with E-state index in [1.807, 2.05) is 0 Å². The molecule has 0 aliphatic carbocycles. The molecule has 5 nitrogen and oxygen atoms in total. The second-order valence-electron chi connectivity index (χ2n) is 4.37. The summed E-state index contributed by atoms with van der Waals surface area (Å²) in [7, 11) is 0. The van der Waals surface area contributed by atoms with E-state index >= 15 is 0 Å². The lowest BCUT2D eigenvalue weighted by molar-refractivity contribution is -0.139. The number of hydrogen-bond acceptors (Lipinski definition) is 3. The van der Waals surface area contributed by atoms with Gasteiger partial charge in [0.1, 0.15) is 11.6 Å². The van der Waals surface area contributed by atoms with Crippen molar-refractivity contribution in [3.63, 3.8) is 0 Å². The number of halogens is 1. The van der Waals surface area contributed by atoms with Crippen molar-refractivity contribution in [2.75, 3.05) is 5.33 Å². The first-order chi connectivity index (χ1) is 7.26. The summed E-state index contributed by atoms with van der Waals surface area (Å²) in [5, 5.41) is 11.9. The maximum atomic E-state index is 11.3. The molecular weight excluding hydrogens is 278 g/mol. The van der Waals surface area contributed by atoms with Crippen LogP contribution < -0.4 is 5.32 Å². The Hall–Kier alpha value is -0.780. The molecular formula is C10H18BrNO4. The summed E-state index contributed by atoms with van der Waals surface area (Å²) in [4.78, 5) is 22.1. The first-order valence-corrected chi connectivity index (χ1v) is 6.16. The van der Waals surface area contributed by atoms with E-state index in [9.17, 15) is 9.59 Å². The van der Waals surface area contributed by atoms with Crippen molar-refractivity contribution in [1.29, 1.82) is 0 Å². The Morgan fingerprint density at radius 1 is 1.44 bits per heavy atom. The molecule has 94 valence electrons. The Morgan fingerprint density at radius 3 is 2.38 bits per heavy atom. The van der Waals surface area contributed by atoms with Gasteiger partial charge in [-0.25, -0.2) is 9.59 Å². The highest BCUT2D eigenvalue weighted by Crippen LogP contribution is 2.08. The van der Waals surface area contributed by atoms with Gasteiger partial charge in [-0.3, -0.25) is 0 Å². The summed E-state index contributed by atoms with van der Waals surface area (Å²) >= 11 is 3.21. The third-order valence-electron chi connectivity index (χ3n) is 1.62. The van der Waals surface area contributed by atoms with E-state index in [2.05, 4.69) is 21.2 Å². The molecule has 0 aromatic heterocycles. The number of nitrogens with one attached hydrogen (secondary N) is 1. The van der Waals surface area contributed by atoms with E-state index in [-0.39, 0.29) is 0 Å². The topological polar surface area (TPSA) is 75.6 Å². The first-order valence-electron chi connectivity index (χ1n) is 5.04. The van der Waals surface area contributed by atoms with Gasteiger partial charge in [-0.1, -0.05) is 15.9 Å². The number of carbonyl (C=O) groups is 2. The minimum Gasteiger partial charge on any atom is -0.480 e. The zero-order valence-electron chi connectivity index (χ0n) is 9.75. The Balaban J connectivity index is 4.19. The molecule has 0 rings (SSSR count). The number of ether oxygens (including phenoxy) is 1. The molecule has 16 heavy (non-hydrogen) atoms. The predicted molar refractivity (Wildman–Crippen MR) is 63.8 cm³/mol. The normalized spacial score (nSPS) is 13.0. The molecule has 0 spiro atoms. The molecule has 0 saturated heterocycles. The van der Waals surface area contributed by atoms with Gasteiger partial charge in [0.05, 0.1) is 0 Å². The van der Waals surface area contributed by atoms with Crippen LogP contribution in [-0.4, -0.2) is 34.1 Å². The molecule has 0 aliphatic heterocycles. The highest BCUT2D eigenvalue weighted by Gasteiger charge is 2.23. The van der Waals surface area contributed by atoms with Gasteiger partial charge in [-0.2, -0.15) is 0 Å². The van der Waals surface area contributed by atoms with Gasteiger partial charge in [-0.15, -0.1) is 0 Å². The van der Waals surface area contributed by atoms with Crippen molar-refractivity contribution >= 4 is 28.0 Å². The van der Waals surface area contributed by atoms with Crippen LogP contribution >= 0.6 is 15.9 Å². The summed E-state index contributed by atoms with van der Waals surface area (Å²) in [6.07, 6.45) is 0.349. The predicted octanol–water partition coefficient (Wildman–Crippen LogP) is 2.14. The zero-order chi connectivity index (χ0) is 12.8. The fraction of sp³-hybridized carbons (Fsp3) is 0.800. The number of alkyl halides is 1. The number of hydrogen-bond donors (Lipinski definition) is 2. The van der Waals surface area contributed by atoms with Crippen molar-refractivity contribution in [3.05, 3.63) is 0 Å². The highest BCUT2D eigenvalue weighted by molar-refractivity contribution is 9.09. The summed E-state index contributed by atoms with van der Waals surface area (Å²) < 4.78 is 4.97. The fourth-order valence-electron chi connectivity index (χ4n) is 0.988. The third kappa shape index (κ3) is 7.50. The van der Waals surface area contributed by atoms with Gasteiger partial charge in [0.15, 0.2) is 0 Å². The molecule has 1 atom stereocenters. The minimum absolute atomic E-state index is 0.375. The van der Waals surface area contributed by atoms with E-state index in [4.69, 9.17) is 9.84 Å². The van der Waals surface area contributed by atoms with Crippen LogP contribution in [-0.2, 0) is 9.53 Å². The largest absolute Gasteiger partial charge is 0.480 e. The Kier molecular flexibility index (Phi) is 6.40. The van der Waals surface area contributed by atoms with Crippen LogP contribution in [0.25, 0.3) is 0 Å². The molecule has 1 amide bonds. The summed E-state index contributed by atoms with van der Waals surface area (Å²) in [6.45, 7) is 5.17. The summed E-state index contributed by atoms with van der Waals surface area (Å²) in [5.74, 6) is -1.05. The van der Waals surface area contributed by atoms with Gasteiger partial charge in [-0.05, 0) is 33.6 Å². The van der Waals surface area contributed by atoms with E-state index in [0.717, 1.165) is 0 Å². The van der Waals surface area contributed by atoms with Gasteiger partial charge >= 0.3 is 12.1 Å². The minimum atomic E-state index is -1.05. The lowest BCUT2D eigenvalue weighted by atomic mass is 10.2. The standard InChI is InChI=1S/C10H18BrNO4/c1-10(2,3)16-9(15)12-7(8(13)14)5-4-6-11/h7H,4-6H2,1-3H3,(H,12,15)(H,13,14)/t7-/m1/s1. The SMILES string of the molecule is CC(C)(C)OC(=O)N[C@H](CCCBr)C(=O)O. The molecule has 0 heterocycles.